The molecule has 0 radical (unpaired) electrons. The topological polar surface area (TPSA) is 90.8 Å². The van der Waals surface area contributed by atoms with E-state index >= 15 is 0 Å². The van der Waals surface area contributed by atoms with Crippen molar-refractivity contribution < 1.29 is 28.2 Å². The Morgan fingerprint density at radius 2 is 2.10 bits per heavy atom. The van der Waals surface area contributed by atoms with Crippen LogP contribution in [-0.2, 0) is 9.22 Å². The normalized spacial score (nSPS) is 10.8. The number of carboxylic acids is 1. The molecule has 0 fully saturated rings. The van der Waals surface area contributed by atoms with Gasteiger partial charge in [-0.05, 0) is 13.0 Å². The summed E-state index contributed by atoms with van der Waals surface area (Å²) >= 11 is 0.669. The number of nitrogens with zero attached hydrogens (tertiary/aromatic N) is 2. The second kappa shape index (κ2) is 6.66. The Morgan fingerprint density at radius 3 is 2.71 bits per heavy atom. The van der Waals surface area contributed by atoms with Crippen molar-refractivity contribution in [2.45, 2.75) is 11.8 Å². The van der Waals surface area contributed by atoms with Gasteiger partial charge in [-0.3, -0.25) is 0 Å². The van der Waals surface area contributed by atoms with Crippen molar-refractivity contribution in [1.29, 1.82) is 0 Å². The Balaban J connectivity index is 2.56. The predicted octanol–water partition coefficient (Wildman–Crippen LogP) is 2.45. The smallest absolute Gasteiger partial charge is 0.360 e. The van der Waals surface area contributed by atoms with Crippen LogP contribution in [0.1, 0.15) is 17.4 Å². The zero-order chi connectivity index (χ0) is 15.4. The van der Waals surface area contributed by atoms with E-state index in [4.69, 9.17) is 9.84 Å². The minimum atomic E-state index is -1.30. The van der Waals surface area contributed by atoms with Gasteiger partial charge in [0.15, 0.2) is 0 Å². The predicted molar refractivity (Wildman–Crippen MR) is 71.6 cm³/mol. The van der Waals surface area contributed by atoms with E-state index in [1.165, 1.54) is 13.2 Å². The molecule has 0 aliphatic carbocycles. The fourth-order valence-corrected chi connectivity index (χ4v) is 1.99. The van der Waals surface area contributed by atoms with E-state index < -0.39 is 11.8 Å². The fourth-order valence-electron chi connectivity index (χ4n) is 1.55. The van der Waals surface area contributed by atoms with Gasteiger partial charge >= 0.3 is 5.97 Å². The van der Waals surface area contributed by atoms with Crippen molar-refractivity contribution in [3.8, 4) is 5.88 Å². The average Bonchev–Trinajstić information content (AvgIpc) is 2.45. The molecule has 112 valence electrons. The van der Waals surface area contributed by atoms with Crippen LogP contribution < -0.4 is 4.74 Å². The Bertz CT molecular complexity index is 682. The van der Waals surface area contributed by atoms with Gasteiger partial charge < -0.3 is 9.84 Å². The van der Waals surface area contributed by atoms with Crippen molar-refractivity contribution in [2.24, 2.45) is 0 Å². The van der Waals surface area contributed by atoms with Gasteiger partial charge in [0.2, 0.25) is 11.6 Å². The van der Waals surface area contributed by atoms with Crippen LogP contribution in [0.4, 0.5) is 4.39 Å². The number of benzene rings is 1. The fraction of sp³-hybridized carbons (Fsp3) is 0.250. The molecule has 0 unspecified atom stereocenters. The number of fused-ring (bicyclic) bond motifs is 1. The highest BCUT2D eigenvalue weighted by Gasteiger charge is 2.18. The van der Waals surface area contributed by atoms with E-state index in [-0.39, 0.29) is 34.1 Å². The average molecular weight is 314 g/mol. The number of carbonyl (C=O) groups is 1. The summed E-state index contributed by atoms with van der Waals surface area (Å²) in [6.45, 7) is 1.92. The summed E-state index contributed by atoms with van der Waals surface area (Å²) in [4.78, 5) is 23.6. The van der Waals surface area contributed by atoms with Crippen LogP contribution in [0.2, 0.25) is 0 Å². The first-order valence-corrected chi connectivity index (χ1v) is 6.55. The lowest BCUT2D eigenvalue weighted by Crippen LogP contribution is -2.08. The molecule has 9 heteroatoms. The highest BCUT2D eigenvalue weighted by atomic mass is 32.2. The number of hydrogen-bond donors (Lipinski definition) is 1. The molecule has 0 amide bonds. The van der Waals surface area contributed by atoms with Crippen LogP contribution in [0.5, 0.6) is 5.88 Å². The quantitative estimate of drug-likeness (QED) is 0.494. The maximum atomic E-state index is 13.8. The Kier molecular flexibility index (Phi) is 4.89. The van der Waals surface area contributed by atoms with Crippen LogP contribution in [0.3, 0.4) is 0 Å². The molecule has 0 aliphatic rings. The first kappa shape index (κ1) is 15.4. The van der Waals surface area contributed by atoms with Crippen molar-refractivity contribution in [3.05, 3.63) is 23.6 Å². The summed E-state index contributed by atoms with van der Waals surface area (Å²) in [7, 11) is 1.29. The molecule has 0 atom stereocenters. The summed E-state index contributed by atoms with van der Waals surface area (Å²) in [5.74, 6) is -2.04. The molecule has 0 aliphatic heterocycles. The van der Waals surface area contributed by atoms with E-state index in [0.29, 0.717) is 12.0 Å². The Hall–Kier alpha value is -1.97. The van der Waals surface area contributed by atoms with Crippen molar-refractivity contribution >= 4 is 29.0 Å². The minimum absolute atomic E-state index is 0.107. The molecule has 2 rings (SSSR count). The third kappa shape index (κ3) is 3.38. The number of hydrogen-bond acceptors (Lipinski definition) is 7. The SMILES string of the molecule is CCOc1nc2cc(SOOC)c(F)cc2nc1C(=O)O. The summed E-state index contributed by atoms with van der Waals surface area (Å²) in [5, 5.41) is 9.07. The molecule has 1 aromatic heterocycles. The number of carboxylic acid groups (broad SMARTS) is 1. The van der Waals surface area contributed by atoms with Gasteiger partial charge in [-0.2, -0.15) is 4.33 Å². The van der Waals surface area contributed by atoms with Gasteiger partial charge in [-0.15, -0.1) is 0 Å². The molecule has 0 bridgehead atoms. The Morgan fingerprint density at radius 1 is 1.38 bits per heavy atom. The monoisotopic (exact) mass is 314 g/mol. The summed E-state index contributed by atoms with van der Waals surface area (Å²) in [6.07, 6.45) is 0. The van der Waals surface area contributed by atoms with Gasteiger partial charge in [0, 0.05) is 6.07 Å². The lowest BCUT2D eigenvalue weighted by Gasteiger charge is -2.08. The van der Waals surface area contributed by atoms with Gasteiger partial charge in [-0.25, -0.2) is 24.0 Å². The van der Waals surface area contributed by atoms with E-state index in [1.54, 1.807) is 6.92 Å². The highest BCUT2D eigenvalue weighted by Crippen LogP contribution is 2.28. The molecular weight excluding hydrogens is 303 g/mol. The molecule has 7 nitrogen and oxygen atoms in total. The van der Waals surface area contributed by atoms with Gasteiger partial charge in [-0.1, -0.05) is 0 Å². The lowest BCUT2D eigenvalue weighted by atomic mass is 10.2. The van der Waals surface area contributed by atoms with Crippen LogP contribution in [0.25, 0.3) is 11.0 Å². The molecular formula is C12H11FN2O5S. The van der Waals surface area contributed by atoms with Crippen LogP contribution in [-0.4, -0.2) is 34.8 Å². The van der Waals surface area contributed by atoms with Gasteiger partial charge in [0.1, 0.15) is 5.82 Å². The zero-order valence-corrected chi connectivity index (χ0v) is 11.9. The maximum absolute atomic E-state index is 13.8. The third-order valence-electron chi connectivity index (χ3n) is 2.36. The molecule has 1 heterocycles. The summed E-state index contributed by atoms with van der Waals surface area (Å²) < 4.78 is 23.6. The second-order valence-corrected chi connectivity index (χ2v) is 4.45. The van der Waals surface area contributed by atoms with Gasteiger partial charge in [0.05, 0.1) is 41.7 Å². The largest absolute Gasteiger partial charge is 0.476 e. The van der Waals surface area contributed by atoms with Gasteiger partial charge in [0.25, 0.3) is 0 Å². The van der Waals surface area contributed by atoms with Crippen molar-refractivity contribution in [3.63, 3.8) is 0 Å². The molecule has 0 saturated carbocycles. The number of halogens is 1. The molecule has 21 heavy (non-hydrogen) atoms. The highest BCUT2D eigenvalue weighted by molar-refractivity contribution is 7.94. The van der Waals surface area contributed by atoms with Crippen LogP contribution >= 0.6 is 12.0 Å². The molecule has 2 aromatic rings. The van der Waals surface area contributed by atoms with Crippen LogP contribution in [0, 0.1) is 5.82 Å². The number of aromatic carboxylic acids is 1. The number of ether oxygens (including phenoxy) is 1. The molecule has 1 N–H and O–H groups in total. The second-order valence-electron chi connectivity index (χ2n) is 3.70. The number of rotatable bonds is 6. The molecule has 0 saturated heterocycles. The minimum Gasteiger partial charge on any atom is -0.476 e. The molecule has 0 spiro atoms. The third-order valence-corrected chi connectivity index (χ3v) is 3.06. The first-order chi connectivity index (χ1) is 10.1. The Labute approximate surface area is 123 Å². The number of aromatic nitrogens is 2. The zero-order valence-electron chi connectivity index (χ0n) is 11.1. The standard InChI is InChI=1S/C12H11FN2O5S/c1-3-19-11-10(12(16)17)14-7-4-6(13)9(21-20-18-2)5-8(7)15-11/h4-5H,3H2,1-2H3,(H,16,17). The lowest BCUT2D eigenvalue weighted by molar-refractivity contribution is -0.160. The maximum Gasteiger partial charge on any atom is 0.360 e. The van der Waals surface area contributed by atoms with E-state index in [9.17, 15) is 9.18 Å². The van der Waals surface area contributed by atoms with E-state index in [0.717, 1.165) is 6.07 Å². The molecule has 1 aromatic carbocycles. The summed E-state index contributed by atoms with van der Waals surface area (Å²) in [6, 6.07) is 2.45. The van der Waals surface area contributed by atoms with E-state index in [2.05, 4.69) is 19.2 Å². The first-order valence-electron chi connectivity index (χ1n) is 5.81. The summed E-state index contributed by atoms with van der Waals surface area (Å²) in [5.41, 5.74) is 0.0273. The van der Waals surface area contributed by atoms with Crippen LogP contribution in [0.15, 0.2) is 17.0 Å². The van der Waals surface area contributed by atoms with E-state index in [1.807, 2.05) is 0 Å². The van der Waals surface area contributed by atoms with Crippen molar-refractivity contribution in [2.75, 3.05) is 13.7 Å². The van der Waals surface area contributed by atoms with Crippen molar-refractivity contribution in [1.82, 2.24) is 9.97 Å².